The Balaban J connectivity index is 1.27. The zero-order valence-electron chi connectivity index (χ0n) is 18.8. The number of aromatic nitrogens is 5. The molecule has 1 amide bonds. The largest absolute Gasteiger partial charge is 0.339 e. The highest BCUT2D eigenvalue weighted by molar-refractivity contribution is 7.18. The lowest BCUT2D eigenvalue weighted by Crippen LogP contribution is -2.31. The zero-order valence-corrected chi connectivity index (χ0v) is 19.6. The van der Waals surface area contributed by atoms with Crippen molar-refractivity contribution >= 4 is 27.5 Å². The maximum absolute atomic E-state index is 13.1. The van der Waals surface area contributed by atoms with Gasteiger partial charge in [-0.25, -0.2) is 14.6 Å². The Labute approximate surface area is 195 Å². The van der Waals surface area contributed by atoms with Crippen molar-refractivity contribution in [3.05, 3.63) is 69.6 Å². The Morgan fingerprint density at radius 2 is 1.97 bits per heavy atom. The highest BCUT2D eigenvalue weighted by Gasteiger charge is 2.21. The third kappa shape index (κ3) is 4.08. The summed E-state index contributed by atoms with van der Waals surface area (Å²) in [5.74, 6) is -0.0119. The van der Waals surface area contributed by atoms with Crippen LogP contribution in [0.1, 0.15) is 48.2 Å². The van der Waals surface area contributed by atoms with Crippen molar-refractivity contribution in [3.63, 3.8) is 0 Å². The summed E-state index contributed by atoms with van der Waals surface area (Å²) in [5, 5.41) is 4.90. The Morgan fingerprint density at radius 3 is 2.73 bits per heavy atom. The van der Waals surface area contributed by atoms with Gasteiger partial charge in [0.25, 0.3) is 5.56 Å². The molecule has 170 valence electrons. The first-order chi connectivity index (χ1) is 16.0. The highest BCUT2D eigenvalue weighted by atomic mass is 32.1. The summed E-state index contributed by atoms with van der Waals surface area (Å²) in [5.41, 5.74) is 3.10. The minimum Gasteiger partial charge on any atom is -0.339 e. The molecule has 1 atom stereocenters. The van der Waals surface area contributed by atoms with Gasteiger partial charge in [0.1, 0.15) is 17.5 Å². The van der Waals surface area contributed by atoms with E-state index in [1.54, 1.807) is 45.2 Å². The van der Waals surface area contributed by atoms with Crippen molar-refractivity contribution in [2.75, 3.05) is 7.05 Å². The van der Waals surface area contributed by atoms with Crippen molar-refractivity contribution in [3.8, 4) is 5.69 Å². The quantitative estimate of drug-likeness (QED) is 0.438. The van der Waals surface area contributed by atoms with Crippen LogP contribution in [0.2, 0.25) is 0 Å². The Morgan fingerprint density at radius 1 is 1.18 bits per heavy atom. The fourth-order valence-corrected chi connectivity index (χ4v) is 5.64. The second kappa shape index (κ2) is 8.90. The number of hydrogen-bond donors (Lipinski definition) is 0. The lowest BCUT2D eigenvalue weighted by molar-refractivity contribution is -0.132. The summed E-state index contributed by atoms with van der Waals surface area (Å²) in [6.45, 7) is 2.33. The molecule has 0 fully saturated rings. The van der Waals surface area contributed by atoms with Crippen molar-refractivity contribution in [1.82, 2.24) is 29.2 Å². The second-order valence-electron chi connectivity index (χ2n) is 8.50. The number of amides is 1. The molecule has 8 nitrogen and oxygen atoms in total. The van der Waals surface area contributed by atoms with Gasteiger partial charge in [-0.05, 0) is 55.9 Å². The molecule has 1 aliphatic rings. The van der Waals surface area contributed by atoms with Crippen molar-refractivity contribution in [1.29, 1.82) is 0 Å². The van der Waals surface area contributed by atoms with Crippen LogP contribution >= 0.6 is 11.3 Å². The predicted octanol–water partition coefficient (Wildman–Crippen LogP) is 3.53. The van der Waals surface area contributed by atoms with E-state index in [4.69, 9.17) is 0 Å². The molecule has 5 rings (SSSR count). The molecule has 3 aromatic heterocycles. The van der Waals surface area contributed by atoms with Crippen LogP contribution in [-0.2, 0) is 24.2 Å². The minimum atomic E-state index is -0.0940. The number of thiophene rings is 1. The first-order valence-electron chi connectivity index (χ1n) is 11.2. The number of benzene rings is 1. The molecule has 0 N–H and O–H groups in total. The van der Waals surface area contributed by atoms with Gasteiger partial charge in [0.2, 0.25) is 5.91 Å². The average Bonchev–Trinajstić information content (AvgIpc) is 3.51. The number of aryl methyl sites for hydroxylation is 3. The number of rotatable bonds is 6. The van der Waals surface area contributed by atoms with Gasteiger partial charge in [0, 0.05) is 24.9 Å². The summed E-state index contributed by atoms with van der Waals surface area (Å²) in [6.07, 6.45) is 9.26. The summed E-state index contributed by atoms with van der Waals surface area (Å²) < 4.78 is 3.28. The molecule has 33 heavy (non-hydrogen) atoms. The van der Waals surface area contributed by atoms with E-state index in [-0.39, 0.29) is 23.9 Å². The van der Waals surface area contributed by atoms with E-state index in [1.165, 1.54) is 23.2 Å². The maximum atomic E-state index is 13.1. The molecule has 4 aromatic rings. The van der Waals surface area contributed by atoms with Gasteiger partial charge in [0.15, 0.2) is 0 Å². The topological polar surface area (TPSA) is 85.9 Å². The van der Waals surface area contributed by atoms with Crippen LogP contribution in [0.15, 0.2) is 48.0 Å². The van der Waals surface area contributed by atoms with Gasteiger partial charge >= 0.3 is 0 Å². The summed E-state index contributed by atoms with van der Waals surface area (Å²) in [7, 11) is 1.80. The molecule has 9 heteroatoms. The zero-order chi connectivity index (χ0) is 22.9. The molecule has 1 aromatic carbocycles. The monoisotopic (exact) mass is 462 g/mol. The van der Waals surface area contributed by atoms with Crippen LogP contribution in [0.25, 0.3) is 15.9 Å². The lowest BCUT2D eigenvalue weighted by atomic mass is 9.97. The van der Waals surface area contributed by atoms with Gasteiger partial charge in [-0.1, -0.05) is 12.1 Å². The van der Waals surface area contributed by atoms with E-state index >= 15 is 0 Å². The maximum Gasteiger partial charge on any atom is 0.262 e. The van der Waals surface area contributed by atoms with Gasteiger partial charge in [-0.3, -0.25) is 14.2 Å². The fraction of sp³-hybridized carbons (Fsp3) is 0.375. The smallest absolute Gasteiger partial charge is 0.262 e. The Hall–Kier alpha value is -3.33. The van der Waals surface area contributed by atoms with Gasteiger partial charge < -0.3 is 4.90 Å². The van der Waals surface area contributed by atoms with E-state index in [1.807, 2.05) is 31.2 Å². The van der Waals surface area contributed by atoms with E-state index in [2.05, 4.69) is 15.1 Å². The predicted molar refractivity (Wildman–Crippen MR) is 128 cm³/mol. The van der Waals surface area contributed by atoms with E-state index in [0.717, 1.165) is 40.7 Å². The van der Waals surface area contributed by atoms with Gasteiger partial charge in [0.05, 0.1) is 23.4 Å². The molecule has 3 heterocycles. The lowest BCUT2D eigenvalue weighted by Gasteiger charge is -2.25. The molecule has 0 saturated heterocycles. The molecule has 0 unspecified atom stereocenters. The number of hydrogen-bond acceptors (Lipinski definition) is 6. The average molecular weight is 463 g/mol. The standard InChI is InChI=1S/C24H26N6O2S/c1-16(17-7-9-18(10-8-17)30-14-25-13-27-30)28(2)21(31)11-12-29-15-26-23-22(24(29)32)19-5-3-4-6-20(19)33-23/h7-10,13-16H,3-6,11-12H2,1-2H3/t16-/m1/s1. The highest BCUT2D eigenvalue weighted by Crippen LogP contribution is 2.33. The fourth-order valence-electron chi connectivity index (χ4n) is 4.42. The van der Waals surface area contributed by atoms with Crippen LogP contribution in [0.5, 0.6) is 0 Å². The summed E-state index contributed by atoms with van der Waals surface area (Å²) in [6, 6.07) is 7.81. The molecule has 0 spiro atoms. The van der Waals surface area contributed by atoms with Crippen LogP contribution in [0.4, 0.5) is 0 Å². The van der Waals surface area contributed by atoms with Crippen molar-refractivity contribution in [2.24, 2.45) is 0 Å². The number of nitrogens with zero attached hydrogens (tertiary/aromatic N) is 6. The molecule has 1 aliphatic carbocycles. The number of fused-ring (bicyclic) bond motifs is 3. The number of carbonyl (C=O) groups is 1. The Kier molecular flexibility index (Phi) is 5.80. The van der Waals surface area contributed by atoms with Crippen LogP contribution in [-0.4, -0.2) is 42.2 Å². The molecular weight excluding hydrogens is 436 g/mol. The molecule has 0 bridgehead atoms. The van der Waals surface area contributed by atoms with Crippen LogP contribution in [0.3, 0.4) is 0 Å². The third-order valence-corrected chi connectivity index (χ3v) is 7.74. The van der Waals surface area contributed by atoms with Crippen LogP contribution in [0, 0.1) is 0 Å². The van der Waals surface area contributed by atoms with E-state index in [9.17, 15) is 9.59 Å². The number of carbonyl (C=O) groups excluding carboxylic acids is 1. The first kappa shape index (κ1) is 21.5. The minimum absolute atomic E-state index is 0.0119. The molecular formula is C24H26N6O2S. The molecule has 0 saturated carbocycles. The van der Waals surface area contributed by atoms with E-state index < -0.39 is 0 Å². The SMILES string of the molecule is C[C@H](c1ccc(-n2cncn2)cc1)N(C)C(=O)CCn1cnc2sc3c(c2c1=O)CCCC3. The van der Waals surface area contributed by atoms with Gasteiger partial charge in [-0.15, -0.1) is 11.3 Å². The Bertz CT molecular complexity index is 1340. The summed E-state index contributed by atoms with van der Waals surface area (Å²) in [4.78, 5) is 38.4. The van der Waals surface area contributed by atoms with Crippen molar-refractivity contribution in [2.45, 2.75) is 51.6 Å². The normalized spacial score (nSPS) is 14.2. The summed E-state index contributed by atoms with van der Waals surface area (Å²) >= 11 is 1.64. The van der Waals surface area contributed by atoms with E-state index in [0.29, 0.717) is 6.54 Å². The van der Waals surface area contributed by atoms with Crippen LogP contribution < -0.4 is 5.56 Å². The first-order valence-corrected chi connectivity index (χ1v) is 12.0. The molecule has 0 aliphatic heterocycles. The molecule has 0 radical (unpaired) electrons. The second-order valence-corrected chi connectivity index (χ2v) is 9.58. The van der Waals surface area contributed by atoms with Crippen molar-refractivity contribution < 1.29 is 4.79 Å². The third-order valence-electron chi connectivity index (χ3n) is 6.54. The van der Waals surface area contributed by atoms with Gasteiger partial charge in [-0.2, -0.15) is 5.10 Å².